The van der Waals surface area contributed by atoms with Crippen LogP contribution in [0.25, 0.3) is 11.3 Å². The van der Waals surface area contributed by atoms with E-state index in [2.05, 4.69) is 20.3 Å². The van der Waals surface area contributed by atoms with Crippen LogP contribution >= 0.6 is 0 Å². The maximum atomic E-state index is 12.1. The highest BCUT2D eigenvalue weighted by molar-refractivity contribution is 5.92. The third kappa shape index (κ3) is 3.58. The molecule has 0 radical (unpaired) electrons. The van der Waals surface area contributed by atoms with Gasteiger partial charge in [-0.3, -0.25) is 14.8 Å². The Morgan fingerprint density at radius 1 is 1.04 bits per heavy atom. The molecule has 1 atom stereocenters. The van der Waals surface area contributed by atoms with Crippen molar-refractivity contribution in [1.29, 1.82) is 0 Å². The number of aromatic nitrogens is 3. The van der Waals surface area contributed by atoms with Crippen molar-refractivity contribution in [1.82, 2.24) is 20.3 Å². The number of rotatable bonds is 4. The molecule has 0 aliphatic rings. The fraction of sp³-hybridized carbons (Fsp3) is 0.111. The number of carbonyl (C=O) groups is 1. The molecule has 23 heavy (non-hydrogen) atoms. The molecule has 0 saturated carbocycles. The molecule has 0 saturated heterocycles. The Bertz CT molecular complexity index is 790. The van der Waals surface area contributed by atoms with E-state index in [1.165, 1.54) is 18.6 Å². The molecule has 0 aliphatic heterocycles. The van der Waals surface area contributed by atoms with Crippen LogP contribution < -0.4 is 5.32 Å². The van der Waals surface area contributed by atoms with E-state index < -0.39 is 0 Å². The average Bonchev–Trinajstić information content (AvgIpc) is 2.63. The first kappa shape index (κ1) is 14.8. The molecular formula is C18H16N4O. The lowest BCUT2D eigenvalue weighted by atomic mass is 10.1. The average molecular weight is 304 g/mol. The van der Waals surface area contributed by atoms with Crippen LogP contribution in [0.1, 0.15) is 29.1 Å². The van der Waals surface area contributed by atoms with Crippen molar-refractivity contribution in [3.05, 3.63) is 78.5 Å². The van der Waals surface area contributed by atoms with Crippen LogP contribution in [0.2, 0.25) is 0 Å². The first-order valence-corrected chi connectivity index (χ1v) is 7.33. The fourth-order valence-corrected chi connectivity index (χ4v) is 2.22. The molecule has 1 amide bonds. The topological polar surface area (TPSA) is 67.8 Å². The van der Waals surface area contributed by atoms with E-state index in [1.807, 2.05) is 55.5 Å². The Balaban J connectivity index is 1.78. The van der Waals surface area contributed by atoms with Crippen molar-refractivity contribution >= 4 is 5.91 Å². The first-order chi connectivity index (χ1) is 11.2. The summed E-state index contributed by atoms with van der Waals surface area (Å²) < 4.78 is 0. The molecule has 1 N–H and O–H groups in total. The van der Waals surface area contributed by atoms with Gasteiger partial charge in [0.2, 0.25) is 0 Å². The minimum absolute atomic E-state index is 0.229. The molecule has 1 aromatic carbocycles. The summed E-state index contributed by atoms with van der Waals surface area (Å²) in [5, 5.41) is 2.89. The van der Waals surface area contributed by atoms with Crippen molar-refractivity contribution in [2.45, 2.75) is 13.0 Å². The minimum atomic E-state index is -0.266. The van der Waals surface area contributed by atoms with Crippen LogP contribution in [-0.4, -0.2) is 20.9 Å². The molecule has 1 unspecified atom stereocenters. The summed E-state index contributed by atoms with van der Waals surface area (Å²) in [7, 11) is 0. The zero-order valence-corrected chi connectivity index (χ0v) is 12.7. The van der Waals surface area contributed by atoms with E-state index in [0.29, 0.717) is 5.69 Å². The minimum Gasteiger partial charge on any atom is -0.343 e. The van der Waals surface area contributed by atoms with Crippen molar-refractivity contribution in [2.24, 2.45) is 0 Å². The third-order valence-corrected chi connectivity index (χ3v) is 3.43. The fourth-order valence-electron chi connectivity index (χ4n) is 2.22. The lowest BCUT2D eigenvalue weighted by molar-refractivity contribution is 0.0933. The summed E-state index contributed by atoms with van der Waals surface area (Å²) in [5.74, 6) is -0.266. The van der Waals surface area contributed by atoms with Gasteiger partial charge in [-0.05, 0) is 19.1 Å². The number of amides is 1. The summed E-state index contributed by atoms with van der Waals surface area (Å²) >= 11 is 0. The van der Waals surface area contributed by atoms with Gasteiger partial charge in [0.05, 0.1) is 23.6 Å². The first-order valence-electron chi connectivity index (χ1n) is 7.33. The molecule has 114 valence electrons. The van der Waals surface area contributed by atoms with Crippen molar-refractivity contribution < 1.29 is 4.79 Å². The number of carbonyl (C=O) groups excluding carboxylic acids is 1. The molecule has 5 nitrogen and oxygen atoms in total. The van der Waals surface area contributed by atoms with Gasteiger partial charge < -0.3 is 5.32 Å². The standard InChI is InChI=1S/C18H16N4O/c1-13(21-18(23)17-12-19-10-11-20-17)15-8-5-9-16(22-15)14-6-3-2-4-7-14/h2-13H,1H3,(H,21,23). The second-order valence-corrected chi connectivity index (χ2v) is 5.10. The Hall–Kier alpha value is -3.08. The highest BCUT2D eigenvalue weighted by Gasteiger charge is 2.14. The third-order valence-electron chi connectivity index (χ3n) is 3.43. The number of hydrogen-bond donors (Lipinski definition) is 1. The van der Waals surface area contributed by atoms with Gasteiger partial charge in [-0.25, -0.2) is 4.98 Å². The Labute approximate surface area is 134 Å². The molecule has 0 spiro atoms. The van der Waals surface area contributed by atoms with Gasteiger partial charge in [0.1, 0.15) is 5.69 Å². The molecule has 5 heteroatoms. The smallest absolute Gasteiger partial charge is 0.272 e. The maximum Gasteiger partial charge on any atom is 0.272 e. The molecule has 2 aromatic heterocycles. The van der Waals surface area contributed by atoms with Crippen LogP contribution in [0.3, 0.4) is 0 Å². The van der Waals surface area contributed by atoms with E-state index >= 15 is 0 Å². The van der Waals surface area contributed by atoms with Gasteiger partial charge in [-0.1, -0.05) is 36.4 Å². The van der Waals surface area contributed by atoms with E-state index in [-0.39, 0.29) is 11.9 Å². The number of benzene rings is 1. The quantitative estimate of drug-likeness (QED) is 0.804. The van der Waals surface area contributed by atoms with Gasteiger partial charge in [-0.2, -0.15) is 0 Å². The zero-order valence-electron chi connectivity index (χ0n) is 12.7. The SMILES string of the molecule is CC(NC(=O)c1cnccn1)c1cccc(-c2ccccc2)n1. The molecule has 3 aromatic rings. The van der Waals surface area contributed by atoms with E-state index in [9.17, 15) is 4.79 Å². The summed E-state index contributed by atoms with van der Waals surface area (Å²) in [6.45, 7) is 1.89. The summed E-state index contributed by atoms with van der Waals surface area (Å²) in [6, 6.07) is 15.5. The van der Waals surface area contributed by atoms with Crippen LogP contribution in [-0.2, 0) is 0 Å². The van der Waals surface area contributed by atoms with Crippen molar-refractivity contribution in [3.63, 3.8) is 0 Å². The summed E-state index contributed by atoms with van der Waals surface area (Å²) in [4.78, 5) is 24.7. The highest BCUT2D eigenvalue weighted by atomic mass is 16.1. The summed E-state index contributed by atoms with van der Waals surface area (Å²) in [5.41, 5.74) is 3.01. The molecule has 2 heterocycles. The van der Waals surface area contributed by atoms with Crippen LogP contribution in [0.15, 0.2) is 67.1 Å². The highest BCUT2D eigenvalue weighted by Crippen LogP contribution is 2.19. The molecule has 0 fully saturated rings. The number of nitrogens with one attached hydrogen (secondary N) is 1. The van der Waals surface area contributed by atoms with Crippen molar-refractivity contribution in [3.8, 4) is 11.3 Å². The molecular weight excluding hydrogens is 288 g/mol. The van der Waals surface area contributed by atoms with E-state index in [0.717, 1.165) is 17.0 Å². The summed E-state index contributed by atoms with van der Waals surface area (Å²) in [6.07, 6.45) is 4.47. The van der Waals surface area contributed by atoms with Gasteiger partial charge in [0, 0.05) is 18.0 Å². The van der Waals surface area contributed by atoms with Crippen LogP contribution in [0.5, 0.6) is 0 Å². The van der Waals surface area contributed by atoms with Gasteiger partial charge in [-0.15, -0.1) is 0 Å². The Kier molecular flexibility index (Phi) is 4.38. The normalized spacial score (nSPS) is 11.7. The van der Waals surface area contributed by atoms with E-state index in [4.69, 9.17) is 0 Å². The Morgan fingerprint density at radius 3 is 2.61 bits per heavy atom. The van der Waals surface area contributed by atoms with Gasteiger partial charge >= 0.3 is 0 Å². The molecule has 0 bridgehead atoms. The van der Waals surface area contributed by atoms with Crippen LogP contribution in [0.4, 0.5) is 0 Å². The molecule has 3 rings (SSSR count). The van der Waals surface area contributed by atoms with Crippen molar-refractivity contribution in [2.75, 3.05) is 0 Å². The zero-order chi connectivity index (χ0) is 16.1. The maximum absolute atomic E-state index is 12.1. The number of pyridine rings is 1. The number of hydrogen-bond acceptors (Lipinski definition) is 4. The molecule has 0 aliphatic carbocycles. The van der Waals surface area contributed by atoms with Gasteiger partial charge in [0.25, 0.3) is 5.91 Å². The predicted molar refractivity (Wildman–Crippen MR) is 87.6 cm³/mol. The predicted octanol–water partition coefficient (Wildman–Crippen LogP) is 3.03. The second kappa shape index (κ2) is 6.79. The lowest BCUT2D eigenvalue weighted by Crippen LogP contribution is -2.28. The largest absolute Gasteiger partial charge is 0.343 e. The lowest BCUT2D eigenvalue weighted by Gasteiger charge is -2.14. The van der Waals surface area contributed by atoms with Gasteiger partial charge in [0.15, 0.2) is 0 Å². The number of nitrogens with zero attached hydrogens (tertiary/aromatic N) is 3. The van der Waals surface area contributed by atoms with Crippen LogP contribution in [0, 0.1) is 0 Å². The Morgan fingerprint density at radius 2 is 1.87 bits per heavy atom. The monoisotopic (exact) mass is 304 g/mol. The second-order valence-electron chi connectivity index (χ2n) is 5.10. The van der Waals surface area contributed by atoms with E-state index in [1.54, 1.807) is 0 Å².